The summed E-state index contributed by atoms with van der Waals surface area (Å²) >= 11 is 1.84. The van der Waals surface area contributed by atoms with E-state index >= 15 is 0 Å². The molecule has 14 heavy (non-hydrogen) atoms. The predicted octanol–water partition coefficient (Wildman–Crippen LogP) is 2.56. The van der Waals surface area contributed by atoms with E-state index in [0.717, 1.165) is 6.54 Å². The summed E-state index contributed by atoms with van der Waals surface area (Å²) in [4.78, 5) is 7.01. The van der Waals surface area contributed by atoms with Crippen LogP contribution in [-0.4, -0.2) is 35.2 Å². The van der Waals surface area contributed by atoms with E-state index in [4.69, 9.17) is 0 Å². The van der Waals surface area contributed by atoms with Crippen LogP contribution in [-0.2, 0) is 6.54 Å². The van der Waals surface area contributed by atoms with Gasteiger partial charge in [0.05, 0.1) is 0 Å². The fourth-order valence-corrected chi connectivity index (χ4v) is 8.22. The average molecular weight is 363 g/mol. The Balaban J connectivity index is 3.04. The molecule has 1 rings (SSSR count). The summed E-state index contributed by atoms with van der Waals surface area (Å²) in [6.07, 6.45) is 0. The van der Waals surface area contributed by atoms with E-state index in [2.05, 4.69) is 65.8 Å². The third kappa shape index (κ3) is 3.55. The number of nitrogens with zero attached hydrogens (tertiary/aromatic N) is 1. The summed E-state index contributed by atoms with van der Waals surface area (Å²) in [7, 11) is 4.24. The Kier molecular flexibility index (Phi) is 4.47. The second kappa shape index (κ2) is 4.99. The van der Waals surface area contributed by atoms with Crippen molar-refractivity contribution in [2.75, 3.05) is 14.1 Å². The van der Waals surface area contributed by atoms with E-state index in [1.807, 2.05) is 0 Å². The van der Waals surface area contributed by atoms with Gasteiger partial charge in [0.1, 0.15) is 0 Å². The van der Waals surface area contributed by atoms with Crippen LogP contribution in [0, 0.1) is 0 Å². The van der Waals surface area contributed by atoms with Gasteiger partial charge in [-0.2, -0.15) is 0 Å². The SMILES string of the molecule is CN(C)Cc1cccc[c]1[Sn]([CH3])([CH3])[Br]. The monoisotopic (exact) mass is 363 g/mol. The fourth-order valence-electron chi connectivity index (χ4n) is 1.58. The van der Waals surface area contributed by atoms with Crippen molar-refractivity contribution in [3.63, 3.8) is 0 Å². The summed E-state index contributed by atoms with van der Waals surface area (Å²) in [5, 5.41) is 0. The first kappa shape index (κ1) is 12.5. The van der Waals surface area contributed by atoms with E-state index in [1.165, 1.54) is 5.56 Å². The van der Waals surface area contributed by atoms with Gasteiger partial charge >= 0.3 is 97.7 Å². The van der Waals surface area contributed by atoms with Gasteiger partial charge < -0.3 is 0 Å². The summed E-state index contributed by atoms with van der Waals surface area (Å²) in [6.45, 7) is 1.04. The molecule has 0 atom stereocenters. The van der Waals surface area contributed by atoms with Gasteiger partial charge in [0.15, 0.2) is 0 Å². The minimum atomic E-state index is -2.08. The molecular weight excluding hydrogens is 345 g/mol. The van der Waals surface area contributed by atoms with Gasteiger partial charge in [0.2, 0.25) is 0 Å². The minimum absolute atomic E-state index is 1.04. The Labute approximate surface area is 97.1 Å². The third-order valence-corrected chi connectivity index (χ3v) is 10.1. The van der Waals surface area contributed by atoms with Gasteiger partial charge in [-0.15, -0.1) is 0 Å². The number of halogens is 1. The number of rotatable bonds is 3. The first-order valence-electron chi connectivity index (χ1n) is 4.83. The number of hydrogen-bond donors (Lipinski definition) is 0. The molecular formula is C11H18BrNSn. The molecule has 0 bridgehead atoms. The Morgan fingerprint density at radius 3 is 2.29 bits per heavy atom. The van der Waals surface area contributed by atoms with E-state index in [0.29, 0.717) is 0 Å². The normalized spacial score (nSPS) is 12.1. The van der Waals surface area contributed by atoms with Gasteiger partial charge in [0, 0.05) is 0 Å². The molecule has 0 N–H and O–H groups in total. The Bertz CT molecular complexity index is 304. The van der Waals surface area contributed by atoms with Crippen LogP contribution >= 0.6 is 12.7 Å². The Hall–Kier alpha value is 0.459. The Morgan fingerprint density at radius 1 is 1.21 bits per heavy atom. The van der Waals surface area contributed by atoms with Gasteiger partial charge in [-0.25, -0.2) is 0 Å². The molecule has 0 spiro atoms. The van der Waals surface area contributed by atoms with Crippen molar-refractivity contribution in [3.8, 4) is 0 Å². The van der Waals surface area contributed by atoms with Crippen molar-refractivity contribution in [1.82, 2.24) is 4.90 Å². The van der Waals surface area contributed by atoms with Crippen LogP contribution in [0.2, 0.25) is 9.88 Å². The molecule has 0 heterocycles. The van der Waals surface area contributed by atoms with Crippen LogP contribution in [0.4, 0.5) is 0 Å². The molecule has 78 valence electrons. The first-order valence-corrected chi connectivity index (χ1v) is 18.4. The van der Waals surface area contributed by atoms with E-state index < -0.39 is 16.2 Å². The van der Waals surface area contributed by atoms with E-state index in [9.17, 15) is 0 Å². The average Bonchev–Trinajstić information content (AvgIpc) is 2.01. The van der Waals surface area contributed by atoms with Crippen molar-refractivity contribution >= 4 is 32.4 Å². The molecule has 1 aromatic rings. The van der Waals surface area contributed by atoms with E-state index in [-0.39, 0.29) is 0 Å². The van der Waals surface area contributed by atoms with Crippen molar-refractivity contribution < 1.29 is 0 Å². The van der Waals surface area contributed by atoms with Crippen molar-refractivity contribution in [3.05, 3.63) is 29.8 Å². The van der Waals surface area contributed by atoms with Crippen molar-refractivity contribution in [1.29, 1.82) is 0 Å². The summed E-state index contributed by atoms with van der Waals surface area (Å²) in [6, 6.07) is 8.81. The molecule has 0 amide bonds. The maximum atomic E-state index is 3.92. The third-order valence-electron chi connectivity index (χ3n) is 2.14. The van der Waals surface area contributed by atoms with Crippen LogP contribution in [0.15, 0.2) is 24.3 Å². The van der Waals surface area contributed by atoms with Crippen molar-refractivity contribution in [2.24, 2.45) is 0 Å². The number of hydrogen-bond acceptors (Lipinski definition) is 1. The zero-order chi connectivity index (χ0) is 10.8. The predicted molar refractivity (Wildman–Crippen MR) is 69.9 cm³/mol. The second-order valence-electron chi connectivity index (χ2n) is 4.37. The summed E-state index contributed by atoms with van der Waals surface area (Å²) in [5.74, 6) is 0. The molecule has 0 fully saturated rings. The Morgan fingerprint density at radius 2 is 1.79 bits per heavy atom. The molecule has 0 aliphatic heterocycles. The second-order valence-corrected chi connectivity index (χ2v) is 27.6. The van der Waals surface area contributed by atoms with Crippen LogP contribution < -0.4 is 3.58 Å². The van der Waals surface area contributed by atoms with Crippen LogP contribution in [0.3, 0.4) is 0 Å². The van der Waals surface area contributed by atoms with E-state index in [1.54, 1.807) is 3.58 Å². The molecule has 1 nitrogen and oxygen atoms in total. The van der Waals surface area contributed by atoms with Gasteiger partial charge in [-0.05, 0) is 0 Å². The fraction of sp³-hybridized carbons (Fsp3) is 0.455. The standard InChI is InChI=1S/C9H12N.2CH3.BrH.Sn/c1-10(2)8-9-6-4-3-5-7-9;;;;/h3-6H,8H2,1-2H3;2*1H3;1H;/q;;;;+1/p-1. The molecule has 0 unspecified atom stereocenters. The maximum absolute atomic E-state index is 3.92. The van der Waals surface area contributed by atoms with Crippen LogP contribution in [0.25, 0.3) is 0 Å². The molecule has 0 saturated carbocycles. The molecule has 1 aromatic carbocycles. The van der Waals surface area contributed by atoms with Crippen molar-refractivity contribution in [2.45, 2.75) is 16.4 Å². The van der Waals surface area contributed by atoms with Gasteiger partial charge in [-0.1, -0.05) is 0 Å². The zero-order valence-corrected chi connectivity index (χ0v) is 13.8. The first-order chi connectivity index (χ1) is 6.41. The molecule has 0 saturated heterocycles. The molecule has 3 heteroatoms. The van der Waals surface area contributed by atoms with Gasteiger partial charge in [-0.3, -0.25) is 0 Å². The van der Waals surface area contributed by atoms with Crippen LogP contribution in [0.1, 0.15) is 5.56 Å². The molecule has 0 aliphatic carbocycles. The topological polar surface area (TPSA) is 3.24 Å². The molecule has 0 radical (unpaired) electrons. The quantitative estimate of drug-likeness (QED) is 0.747. The summed E-state index contributed by atoms with van der Waals surface area (Å²) in [5.41, 5.74) is 1.48. The summed E-state index contributed by atoms with van der Waals surface area (Å²) < 4.78 is 1.58. The zero-order valence-electron chi connectivity index (χ0n) is 9.34. The number of benzene rings is 1. The molecule has 0 aliphatic rings. The van der Waals surface area contributed by atoms with Crippen LogP contribution in [0.5, 0.6) is 0 Å². The molecule has 0 aromatic heterocycles. The van der Waals surface area contributed by atoms with Gasteiger partial charge in [0.25, 0.3) is 0 Å².